The van der Waals surface area contributed by atoms with Crippen LogP contribution in [0.5, 0.6) is 0 Å². The molecule has 0 aliphatic rings. The molecule has 3 aromatic heterocycles. The molecule has 0 fully saturated rings. The van der Waals surface area contributed by atoms with Gasteiger partial charge < -0.3 is 4.98 Å². The minimum Gasteiger partial charge on any atom is -0.306 e. The van der Waals surface area contributed by atoms with Gasteiger partial charge in [0.05, 0.1) is 5.39 Å². The maximum atomic E-state index is 12.5. The van der Waals surface area contributed by atoms with Gasteiger partial charge in [-0.2, -0.15) is 0 Å². The van der Waals surface area contributed by atoms with Crippen molar-refractivity contribution in [1.82, 2.24) is 15.0 Å². The molecule has 0 spiro atoms. The number of hydrogen-bond acceptors (Lipinski definition) is 4. The fourth-order valence-electron chi connectivity index (χ4n) is 2.38. The second-order valence-electron chi connectivity index (χ2n) is 4.84. The van der Waals surface area contributed by atoms with Crippen molar-refractivity contribution in [3.8, 4) is 11.4 Å². The smallest absolute Gasteiger partial charge is 0.260 e. The first-order valence-corrected chi connectivity index (χ1v) is 7.50. The van der Waals surface area contributed by atoms with Crippen LogP contribution in [-0.4, -0.2) is 15.0 Å². The van der Waals surface area contributed by atoms with Crippen LogP contribution in [0.25, 0.3) is 27.2 Å². The molecule has 0 atom stereocenters. The summed E-state index contributed by atoms with van der Waals surface area (Å²) >= 11 is 1.56. The average molecular weight is 297 g/mol. The van der Waals surface area contributed by atoms with E-state index in [1.54, 1.807) is 23.7 Å². The highest BCUT2D eigenvalue weighted by Crippen LogP contribution is 2.32. The van der Waals surface area contributed by atoms with Crippen molar-refractivity contribution in [3.63, 3.8) is 0 Å². The van der Waals surface area contributed by atoms with E-state index in [4.69, 9.17) is 0 Å². The van der Waals surface area contributed by atoms with Gasteiger partial charge in [-0.3, -0.25) is 9.78 Å². The van der Waals surface area contributed by atoms with Gasteiger partial charge in [0.25, 0.3) is 5.56 Å². The van der Waals surface area contributed by atoms with Crippen molar-refractivity contribution in [3.05, 3.63) is 51.4 Å². The zero-order valence-electron chi connectivity index (χ0n) is 12.1. The van der Waals surface area contributed by atoms with Crippen molar-refractivity contribution in [2.24, 2.45) is 0 Å². The SMILES string of the molecule is CC=C(C)c1c(C)sc2nc(-c3ccncc3)[nH]c(=O)c12. The number of pyridine rings is 1. The van der Waals surface area contributed by atoms with Gasteiger partial charge in [0.2, 0.25) is 0 Å². The number of fused-ring (bicyclic) bond motifs is 1. The van der Waals surface area contributed by atoms with Crippen LogP contribution in [0, 0.1) is 6.92 Å². The number of nitrogens with zero attached hydrogens (tertiary/aromatic N) is 2. The van der Waals surface area contributed by atoms with E-state index in [2.05, 4.69) is 15.0 Å². The van der Waals surface area contributed by atoms with E-state index in [0.29, 0.717) is 11.2 Å². The standard InChI is InChI=1S/C16H15N3OS/c1-4-9(2)12-10(3)21-16-13(12)15(20)18-14(19-16)11-5-7-17-8-6-11/h4-8H,1-3H3,(H,18,19,20). The Kier molecular flexibility index (Phi) is 3.43. The summed E-state index contributed by atoms with van der Waals surface area (Å²) in [5, 5.41) is 0.686. The van der Waals surface area contributed by atoms with Gasteiger partial charge >= 0.3 is 0 Å². The zero-order chi connectivity index (χ0) is 15.0. The van der Waals surface area contributed by atoms with Crippen molar-refractivity contribution >= 4 is 27.1 Å². The van der Waals surface area contributed by atoms with E-state index in [9.17, 15) is 4.79 Å². The molecule has 21 heavy (non-hydrogen) atoms. The predicted molar refractivity (Wildman–Crippen MR) is 87.5 cm³/mol. The van der Waals surface area contributed by atoms with Crippen LogP contribution < -0.4 is 5.56 Å². The number of hydrogen-bond donors (Lipinski definition) is 1. The Morgan fingerprint density at radius 1 is 1.33 bits per heavy atom. The molecule has 1 N–H and O–H groups in total. The number of aryl methyl sites for hydroxylation is 1. The summed E-state index contributed by atoms with van der Waals surface area (Å²) in [7, 11) is 0. The van der Waals surface area contributed by atoms with E-state index < -0.39 is 0 Å². The van der Waals surface area contributed by atoms with Crippen LogP contribution in [0.1, 0.15) is 24.3 Å². The summed E-state index contributed by atoms with van der Waals surface area (Å²) in [6.45, 7) is 6.02. The van der Waals surface area contributed by atoms with Crippen LogP contribution in [0.15, 0.2) is 35.4 Å². The third-order valence-corrected chi connectivity index (χ3v) is 4.52. The monoisotopic (exact) mass is 297 g/mol. The van der Waals surface area contributed by atoms with Gasteiger partial charge in [-0.25, -0.2) is 4.98 Å². The first-order valence-electron chi connectivity index (χ1n) is 6.69. The van der Waals surface area contributed by atoms with Crippen molar-refractivity contribution in [1.29, 1.82) is 0 Å². The van der Waals surface area contributed by atoms with Crippen LogP contribution in [-0.2, 0) is 0 Å². The van der Waals surface area contributed by atoms with Crippen LogP contribution in [0.4, 0.5) is 0 Å². The Balaban J connectivity index is 2.31. The highest BCUT2D eigenvalue weighted by molar-refractivity contribution is 7.18. The summed E-state index contributed by atoms with van der Waals surface area (Å²) in [5.74, 6) is 0.584. The van der Waals surface area contributed by atoms with E-state index >= 15 is 0 Å². The minimum absolute atomic E-state index is 0.0904. The zero-order valence-corrected chi connectivity index (χ0v) is 12.9. The summed E-state index contributed by atoms with van der Waals surface area (Å²) in [6.07, 6.45) is 5.40. The lowest BCUT2D eigenvalue weighted by Crippen LogP contribution is -2.09. The Labute approximate surface area is 126 Å². The number of H-pyrrole nitrogens is 1. The van der Waals surface area contributed by atoms with E-state index in [0.717, 1.165) is 26.4 Å². The third-order valence-electron chi connectivity index (χ3n) is 3.52. The molecule has 3 rings (SSSR count). The van der Waals surface area contributed by atoms with Gasteiger partial charge in [0.1, 0.15) is 10.7 Å². The van der Waals surface area contributed by atoms with E-state index in [1.165, 1.54) is 0 Å². The molecule has 5 heteroatoms. The lowest BCUT2D eigenvalue weighted by molar-refractivity contribution is 1.18. The van der Waals surface area contributed by atoms with E-state index in [-0.39, 0.29) is 5.56 Å². The molecular formula is C16H15N3OS. The lowest BCUT2D eigenvalue weighted by atomic mass is 10.1. The lowest BCUT2D eigenvalue weighted by Gasteiger charge is -2.02. The van der Waals surface area contributed by atoms with Crippen molar-refractivity contribution in [2.45, 2.75) is 20.8 Å². The molecule has 0 amide bonds. The van der Waals surface area contributed by atoms with E-state index in [1.807, 2.05) is 39.0 Å². The normalized spacial score (nSPS) is 12.0. The van der Waals surface area contributed by atoms with Gasteiger partial charge in [-0.05, 0) is 38.5 Å². The first-order chi connectivity index (χ1) is 10.1. The Morgan fingerprint density at radius 2 is 2.05 bits per heavy atom. The number of nitrogens with one attached hydrogen (secondary N) is 1. The topological polar surface area (TPSA) is 58.6 Å². The molecule has 0 aromatic carbocycles. The highest BCUT2D eigenvalue weighted by atomic mass is 32.1. The van der Waals surface area contributed by atoms with Crippen molar-refractivity contribution in [2.75, 3.05) is 0 Å². The number of aromatic nitrogens is 3. The molecule has 4 nitrogen and oxygen atoms in total. The molecule has 0 unspecified atom stereocenters. The number of aromatic amines is 1. The first kappa shape index (κ1) is 13.7. The number of thiophene rings is 1. The van der Waals surface area contributed by atoms with Crippen molar-refractivity contribution < 1.29 is 0 Å². The Bertz CT molecular complexity index is 891. The van der Waals surface area contributed by atoms with Crippen LogP contribution in [0.3, 0.4) is 0 Å². The summed E-state index contributed by atoms with van der Waals surface area (Å²) in [6, 6.07) is 3.67. The molecular weight excluding hydrogens is 282 g/mol. The predicted octanol–water partition coefficient (Wildman–Crippen LogP) is 3.78. The van der Waals surface area contributed by atoms with Crippen LogP contribution >= 0.6 is 11.3 Å². The largest absolute Gasteiger partial charge is 0.306 e. The molecule has 0 radical (unpaired) electrons. The molecule has 106 valence electrons. The fourth-order valence-corrected chi connectivity index (χ4v) is 3.47. The Hall–Kier alpha value is -2.27. The van der Waals surface area contributed by atoms with Gasteiger partial charge in [-0.15, -0.1) is 11.3 Å². The molecule has 0 aliphatic carbocycles. The molecule has 0 saturated carbocycles. The summed E-state index contributed by atoms with van der Waals surface area (Å²) in [5.41, 5.74) is 2.88. The van der Waals surface area contributed by atoms with Gasteiger partial charge in [-0.1, -0.05) is 6.08 Å². The summed E-state index contributed by atoms with van der Waals surface area (Å²) in [4.78, 5) is 25.9. The second-order valence-corrected chi connectivity index (χ2v) is 6.04. The van der Waals surface area contributed by atoms with Gasteiger partial charge in [0.15, 0.2) is 0 Å². The quantitative estimate of drug-likeness (QED) is 0.783. The maximum Gasteiger partial charge on any atom is 0.260 e. The Morgan fingerprint density at radius 3 is 2.71 bits per heavy atom. The number of rotatable bonds is 2. The highest BCUT2D eigenvalue weighted by Gasteiger charge is 2.16. The minimum atomic E-state index is -0.0904. The third kappa shape index (κ3) is 2.29. The van der Waals surface area contributed by atoms with Crippen LogP contribution in [0.2, 0.25) is 0 Å². The fraction of sp³-hybridized carbons (Fsp3) is 0.188. The molecule has 0 aliphatic heterocycles. The second kappa shape index (κ2) is 5.26. The number of allylic oxidation sites excluding steroid dienone is 2. The van der Waals surface area contributed by atoms with Gasteiger partial charge in [0, 0.05) is 28.4 Å². The summed E-state index contributed by atoms with van der Waals surface area (Å²) < 4.78 is 0. The molecule has 0 saturated heterocycles. The molecule has 3 aromatic rings. The molecule has 0 bridgehead atoms. The maximum absolute atomic E-state index is 12.5. The average Bonchev–Trinajstić information content (AvgIpc) is 2.84. The molecule has 3 heterocycles.